The fourth-order valence-corrected chi connectivity index (χ4v) is 2.28. The van der Waals surface area contributed by atoms with E-state index in [1.165, 1.54) is 0 Å². The maximum atomic E-state index is 11.9. The minimum atomic E-state index is 0.159. The van der Waals surface area contributed by atoms with Crippen molar-refractivity contribution < 1.29 is 4.79 Å². The van der Waals surface area contributed by atoms with Crippen LogP contribution < -0.4 is 10.6 Å². The second-order valence-electron chi connectivity index (χ2n) is 4.37. The molecule has 92 valence electrons. The van der Waals surface area contributed by atoms with Crippen molar-refractivity contribution in [3.05, 3.63) is 34.9 Å². The van der Waals surface area contributed by atoms with Crippen LogP contribution in [-0.2, 0) is 11.3 Å². The van der Waals surface area contributed by atoms with Crippen molar-refractivity contribution >= 4 is 17.5 Å². The van der Waals surface area contributed by atoms with Crippen molar-refractivity contribution in [3.63, 3.8) is 0 Å². The minimum absolute atomic E-state index is 0.159. The standard InChI is InChI=1S/C13H17ClN2O/c14-12-3-1-2-10(8-12)9-16-13(17)11-4-6-15-7-5-11/h1-3,8,11,15H,4-7,9H2,(H,16,17). The average molecular weight is 253 g/mol. The molecule has 2 N–H and O–H groups in total. The molecule has 0 atom stereocenters. The Morgan fingerprint density at radius 2 is 2.18 bits per heavy atom. The van der Waals surface area contributed by atoms with Gasteiger partial charge in [0.2, 0.25) is 5.91 Å². The molecule has 1 aromatic rings. The van der Waals surface area contributed by atoms with Crippen LogP contribution in [0.15, 0.2) is 24.3 Å². The summed E-state index contributed by atoms with van der Waals surface area (Å²) in [7, 11) is 0. The summed E-state index contributed by atoms with van der Waals surface area (Å²) in [6, 6.07) is 7.58. The van der Waals surface area contributed by atoms with Crippen LogP contribution in [0.3, 0.4) is 0 Å². The molecular weight excluding hydrogens is 236 g/mol. The van der Waals surface area contributed by atoms with Crippen molar-refractivity contribution in [2.45, 2.75) is 19.4 Å². The fraction of sp³-hybridized carbons (Fsp3) is 0.462. The molecule has 17 heavy (non-hydrogen) atoms. The smallest absolute Gasteiger partial charge is 0.223 e. The van der Waals surface area contributed by atoms with Crippen molar-refractivity contribution in [3.8, 4) is 0 Å². The van der Waals surface area contributed by atoms with E-state index in [9.17, 15) is 4.79 Å². The molecule has 1 saturated heterocycles. The van der Waals surface area contributed by atoms with E-state index < -0.39 is 0 Å². The number of hydrogen-bond donors (Lipinski definition) is 2. The van der Waals surface area contributed by atoms with E-state index in [0.29, 0.717) is 11.6 Å². The van der Waals surface area contributed by atoms with E-state index >= 15 is 0 Å². The molecule has 0 unspecified atom stereocenters. The second-order valence-corrected chi connectivity index (χ2v) is 4.81. The van der Waals surface area contributed by atoms with Crippen molar-refractivity contribution in [1.82, 2.24) is 10.6 Å². The van der Waals surface area contributed by atoms with Gasteiger partial charge in [0.05, 0.1) is 0 Å². The topological polar surface area (TPSA) is 41.1 Å². The summed E-state index contributed by atoms with van der Waals surface area (Å²) in [6.07, 6.45) is 1.86. The molecule has 3 nitrogen and oxygen atoms in total. The minimum Gasteiger partial charge on any atom is -0.352 e. The van der Waals surface area contributed by atoms with Crippen molar-refractivity contribution in [1.29, 1.82) is 0 Å². The Morgan fingerprint density at radius 3 is 2.88 bits per heavy atom. The highest BCUT2D eigenvalue weighted by atomic mass is 35.5. The van der Waals surface area contributed by atoms with Crippen LogP contribution in [0.4, 0.5) is 0 Å². The van der Waals surface area contributed by atoms with Crippen LogP contribution >= 0.6 is 11.6 Å². The summed E-state index contributed by atoms with van der Waals surface area (Å²) in [4.78, 5) is 11.9. The van der Waals surface area contributed by atoms with Gasteiger partial charge in [-0.05, 0) is 43.6 Å². The molecule has 0 radical (unpaired) electrons. The molecule has 0 aliphatic carbocycles. The van der Waals surface area contributed by atoms with Gasteiger partial charge in [-0.25, -0.2) is 0 Å². The molecule has 1 aliphatic rings. The molecule has 1 heterocycles. The van der Waals surface area contributed by atoms with Gasteiger partial charge in [0.1, 0.15) is 0 Å². The largest absolute Gasteiger partial charge is 0.352 e. The molecule has 1 aliphatic heterocycles. The number of nitrogens with one attached hydrogen (secondary N) is 2. The molecular formula is C13H17ClN2O. The molecule has 4 heteroatoms. The summed E-state index contributed by atoms with van der Waals surface area (Å²) in [5, 5.41) is 6.93. The molecule has 0 bridgehead atoms. The number of halogens is 1. The maximum absolute atomic E-state index is 11.9. The summed E-state index contributed by atoms with van der Waals surface area (Å²) < 4.78 is 0. The molecule has 0 saturated carbocycles. The first-order valence-electron chi connectivity index (χ1n) is 5.98. The molecule has 0 aromatic heterocycles. The number of carbonyl (C=O) groups is 1. The van der Waals surface area contributed by atoms with Crippen LogP contribution in [-0.4, -0.2) is 19.0 Å². The summed E-state index contributed by atoms with van der Waals surface area (Å²) in [5.41, 5.74) is 1.04. The Balaban J connectivity index is 1.83. The summed E-state index contributed by atoms with van der Waals surface area (Å²) >= 11 is 5.89. The SMILES string of the molecule is O=C(NCc1cccc(Cl)c1)C1CCNCC1. The lowest BCUT2D eigenvalue weighted by molar-refractivity contribution is -0.125. The van der Waals surface area contributed by atoms with Crippen LogP contribution in [0.2, 0.25) is 5.02 Å². The highest BCUT2D eigenvalue weighted by Gasteiger charge is 2.20. The average Bonchev–Trinajstić information content (AvgIpc) is 2.37. The van der Waals surface area contributed by atoms with Gasteiger partial charge < -0.3 is 10.6 Å². The zero-order chi connectivity index (χ0) is 12.1. The first-order valence-corrected chi connectivity index (χ1v) is 6.36. The summed E-state index contributed by atoms with van der Waals surface area (Å²) in [5.74, 6) is 0.321. The highest BCUT2D eigenvalue weighted by Crippen LogP contribution is 2.13. The highest BCUT2D eigenvalue weighted by molar-refractivity contribution is 6.30. The molecule has 0 spiro atoms. The Bertz CT molecular complexity index is 389. The van der Waals surface area contributed by atoms with Crippen molar-refractivity contribution in [2.75, 3.05) is 13.1 Å². The molecule has 1 fully saturated rings. The van der Waals surface area contributed by atoms with E-state index in [0.717, 1.165) is 31.5 Å². The Morgan fingerprint density at radius 1 is 1.41 bits per heavy atom. The first kappa shape index (κ1) is 12.4. The third kappa shape index (κ3) is 3.72. The molecule has 1 aromatic carbocycles. The normalized spacial score (nSPS) is 16.8. The van der Waals surface area contributed by atoms with E-state index in [2.05, 4.69) is 10.6 Å². The van der Waals surface area contributed by atoms with Gasteiger partial charge in [-0.2, -0.15) is 0 Å². The van der Waals surface area contributed by atoms with Gasteiger partial charge in [0.25, 0.3) is 0 Å². The third-order valence-corrected chi connectivity index (χ3v) is 3.30. The Labute approximate surface area is 107 Å². The van der Waals surface area contributed by atoms with Gasteiger partial charge >= 0.3 is 0 Å². The van der Waals surface area contributed by atoms with Gasteiger partial charge in [-0.1, -0.05) is 23.7 Å². The number of piperidine rings is 1. The third-order valence-electron chi connectivity index (χ3n) is 3.07. The molecule has 1 amide bonds. The zero-order valence-corrected chi connectivity index (χ0v) is 10.5. The summed E-state index contributed by atoms with van der Waals surface area (Å²) in [6.45, 7) is 2.44. The van der Waals surface area contributed by atoms with Gasteiger partial charge in [0, 0.05) is 17.5 Å². The van der Waals surface area contributed by atoms with Gasteiger partial charge in [-0.15, -0.1) is 0 Å². The van der Waals surface area contributed by atoms with Crippen LogP contribution in [0.5, 0.6) is 0 Å². The van der Waals surface area contributed by atoms with E-state index in [4.69, 9.17) is 11.6 Å². The molecule has 2 rings (SSSR count). The van der Waals surface area contributed by atoms with Gasteiger partial charge in [0.15, 0.2) is 0 Å². The number of amides is 1. The number of carbonyl (C=O) groups excluding carboxylic acids is 1. The van der Waals surface area contributed by atoms with E-state index in [1.807, 2.05) is 24.3 Å². The predicted octanol–water partition coefficient (Wildman–Crippen LogP) is 1.96. The van der Waals surface area contributed by atoms with Crippen molar-refractivity contribution in [2.24, 2.45) is 5.92 Å². The monoisotopic (exact) mass is 252 g/mol. The number of rotatable bonds is 3. The van der Waals surface area contributed by atoms with E-state index in [-0.39, 0.29) is 11.8 Å². The number of benzene rings is 1. The van der Waals surface area contributed by atoms with E-state index in [1.54, 1.807) is 0 Å². The predicted molar refractivity (Wildman–Crippen MR) is 68.9 cm³/mol. The quantitative estimate of drug-likeness (QED) is 0.864. The maximum Gasteiger partial charge on any atom is 0.223 e. The lowest BCUT2D eigenvalue weighted by atomic mass is 9.97. The fourth-order valence-electron chi connectivity index (χ4n) is 2.06. The number of hydrogen-bond acceptors (Lipinski definition) is 2. The Hall–Kier alpha value is -1.06. The van der Waals surface area contributed by atoms with Crippen LogP contribution in [0.25, 0.3) is 0 Å². The lowest BCUT2D eigenvalue weighted by Gasteiger charge is -2.21. The van der Waals surface area contributed by atoms with Crippen LogP contribution in [0, 0.1) is 5.92 Å². The Kier molecular flexibility index (Phi) is 4.40. The van der Waals surface area contributed by atoms with Crippen LogP contribution in [0.1, 0.15) is 18.4 Å². The lowest BCUT2D eigenvalue weighted by Crippen LogP contribution is -2.37. The van der Waals surface area contributed by atoms with Gasteiger partial charge in [-0.3, -0.25) is 4.79 Å². The first-order chi connectivity index (χ1) is 8.25. The zero-order valence-electron chi connectivity index (χ0n) is 9.71. The second kappa shape index (κ2) is 6.03.